The van der Waals surface area contributed by atoms with Gasteiger partial charge in [-0.1, -0.05) is 0 Å². The quantitative estimate of drug-likeness (QED) is 0.601. The zero-order valence-corrected chi connectivity index (χ0v) is 8.32. The number of nitro benzene ring substituents is 1. The number of carboxylic acid groups (broad SMARTS) is 1. The summed E-state index contributed by atoms with van der Waals surface area (Å²) >= 11 is 0. The summed E-state index contributed by atoms with van der Waals surface area (Å²) in [6, 6.07) is 3.68. The molecule has 1 heterocycles. The topological polar surface area (TPSA) is 114 Å². The minimum absolute atomic E-state index is 0.0972. The van der Waals surface area contributed by atoms with Gasteiger partial charge in [-0.15, -0.1) is 0 Å². The third-order valence-electron chi connectivity index (χ3n) is 2.27. The molecule has 2 N–H and O–H groups in total. The number of pyridine rings is 1. The lowest BCUT2D eigenvalue weighted by Gasteiger charge is -2.04. The van der Waals surface area contributed by atoms with E-state index in [9.17, 15) is 20.0 Å². The number of nitro groups is 1. The predicted molar refractivity (Wildman–Crippen MR) is 57.0 cm³/mol. The molecule has 17 heavy (non-hydrogen) atoms. The molecule has 0 unspecified atom stereocenters. The van der Waals surface area contributed by atoms with Crippen molar-refractivity contribution in [1.29, 1.82) is 0 Å². The molecule has 2 aromatic rings. The number of benzene rings is 1. The normalized spacial score (nSPS) is 10.4. The van der Waals surface area contributed by atoms with Crippen LogP contribution in [0.1, 0.15) is 10.4 Å². The third kappa shape index (κ3) is 1.63. The number of aromatic hydroxyl groups is 1. The Morgan fingerprint density at radius 3 is 2.76 bits per heavy atom. The van der Waals surface area contributed by atoms with E-state index in [4.69, 9.17) is 5.11 Å². The Balaban J connectivity index is 2.94. The number of aromatic nitrogens is 1. The van der Waals surface area contributed by atoms with E-state index in [2.05, 4.69) is 4.98 Å². The highest BCUT2D eigenvalue weighted by molar-refractivity contribution is 6.02. The summed E-state index contributed by atoms with van der Waals surface area (Å²) in [5.74, 6) is -2.02. The largest absolute Gasteiger partial charge is 0.505 e. The first kappa shape index (κ1) is 10.8. The van der Waals surface area contributed by atoms with E-state index in [1.54, 1.807) is 0 Å². The fraction of sp³-hybridized carbons (Fsp3) is 0. The van der Waals surface area contributed by atoms with Gasteiger partial charge in [0.05, 0.1) is 10.3 Å². The lowest BCUT2D eigenvalue weighted by atomic mass is 10.1. The molecule has 0 aliphatic rings. The molecule has 1 aromatic heterocycles. The van der Waals surface area contributed by atoms with Crippen LogP contribution in [0.25, 0.3) is 10.9 Å². The number of non-ortho nitro benzene ring substituents is 1. The first-order chi connectivity index (χ1) is 8.02. The molecule has 0 atom stereocenters. The molecule has 0 amide bonds. The zero-order chi connectivity index (χ0) is 12.6. The molecule has 0 radical (unpaired) electrons. The summed E-state index contributed by atoms with van der Waals surface area (Å²) in [5.41, 5.74) is -1.04. The van der Waals surface area contributed by atoms with Crippen LogP contribution in [0.2, 0.25) is 0 Å². The molecular weight excluding hydrogens is 228 g/mol. The molecule has 0 saturated heterocycles. The van der Waals surface area contributed by atoms with Crippen LogP contribution < -0.4 is 0 Å². The number of nitrogens with zero attached hydrogens (tertiary/aromatic N) is 2. The monoisotopic (exact) mass is 234 g/mol. The van der Waals surface area contributed by atoms with Gasteiger partial charge >= 0.3 is 5.97 Å². The average molecular weight is 234 g/mol. The van der Waals surface area contributed by atoms with Crippen molar-refractivity contribution in [3.05, 3.63) is 40.1 Å². The summed E-state index contributed by atoms with van der Waals surface area (Å²) < 4.78 is 0. The van der Waals surface area contributed by atoms with E-state index in [1.807, 2.05) is 0 Å². The van der Waals surface area contributed by atoms with Crippen molar-refractivity contribution >= 4 is 22.6 Å². The van der Waals surface area contributed by atoms with Gasteiger partial charge in [0.15, 0.2) is 5.75 Å². The van der Waals surface area contributed by atoms with E-state index < -0.39 is 27.9 Å². The Morgan fingerprint density at radius 1 is 1.47 bits per heavy atom. The van der Waals surface area contributed by atoms with Gasteiger partial charge < -0.3 is 10.2 Å². The lowest BCUT2D eigenvalue weighted by Crippen LogP contribution is -2.00. The maximum atomic E-state index is 10.8. The van der Waals surface area contributed by atoms with E-state index >= 15 is 0 Å². The molecule has 0 aliphatic heterocycles. The highest BCUT2D eigenvalue weighted by Crippen LogP contribution is 2.34. The fourth-order valence-electron chi connectivity index (χ4n) is 1.53. The van der Waals surface area contributed by atoms with Crippen molar-refractivity contribution in [1.82, 2.24) is 4.98 Å². The summed E-state index contributed by atoms with van der Waals surface area (Å²) in [4.78, 5) is 24.7. The maximum Gasteiger partial charge on any atom is 0.339 e. The van der Waals surface area contributed by atoms with E-state index in [0.717, 1.165) is 6.07 Å². The van der Waals surface area contributed by atoms with Gasteiger partial charge in [0.25, 0.3) is 5.69 Å². The number of carboxylic acids is 1. The van der Waals surface area contributed by atoms with E-state index in [1.165, 1.54) is 18.3 Å². The van der Waals surface area contributed by atoms with Crippen LogP contribution in [0.15, 0.2) is 24.4 Å². The number of carbonyl (C=O) groups is 1. The lowest BCUT2D eigenvalue weighted by molar-refractivity contribution is -0.383. The summed E-state index contributed by atoms with van der Waals surface area (Å²) in [7, 11) is 0. The number of fused-ring (bicyclic) bond motifs is 1. The highest BCUT2D eigenvalue weighted by Gasteiger charge is 2.22. The Morgan fingerprint density at radius 2 is 2.18 bits per heavy atom. The average Bonchev–Trinajstić information content (AvgIpc) is 2.29. The predicted octanol–water partition coefficient (Wildman–Crippen LogP) is 1.55. The van der Waals surface area contributed by atoms with Gasteiger partial charge in [-0.2, -0.15) is 0 Å². The minimum Gasteiger partial charge on any atom is -0.505 e. The van der Waals surface area contributed by atoms with E-state index in [0.29, 0.717) is 0 Å². The van der Waals surface area contributed by atoms with Crippen LogP contribution in [0, 0.1) is 10.1 Å². The second-order valence-corrected chi connectivity index (χ2v) is 3.25. The molecule has 1 aromatic carbocycles. The van der Waals surface area contributed by atoms with Gasteiger partial charge in [-0.25, -0.2) is 4.79 Å². The van der Waals surface area contributed by atoms with Gasteiger partial charge in [0.1, 0.15) is 11.1 Å². The van der Waals surface area contributed by atoms with Gasteiger partial charge in [-0.05, 0) is 12.1 Å². The number of rotatable bonds is 2. The smallest absolute Gasteiger partial charge is 0.339 e. The SMILES string of the molecule is O=C(O)c1cc([N+](=O)[O-])c2cccnc2c1O. The van der Waals surface area contributed by atoms with Crippen molar-refractivity contribution < 1.29 is 19.9 Å². The molecule has 7 heteroatoms. The van der Waals surface area contributed by atoms with Crippen LogP contribution in [-0.4, -0.2) is 26.1 Å². The number of hydrogen-bond acceptors (Lipinski definition) is 5. The third-order valence-corrected chi connectivity index (χ3v) is 2.27. The van der Waals surface area contributed by atoms with E-state index in [-0.39, 0.29) is 10.9 Å². The second-order valence-electron chi connectivity index (χ2n) is 3.25. The first-order valence-electron chi connectivity index (χ1n) is 4.50. The zero-order valence-electron chi connectivity index (χ0n) is 8.32. The van der Waals surface area contributed by atoms with Crippen molar-refractivity contribution in [2.75, 3.05) is 0 Å². The van der Waals surface area contributed by atoms with Crippen LogP contribution in [0.3, 0.4) is 0 Å². The van der Waals surface area contributed by atoms with Crippen molar-refractivity contribution in [2.24, 2.45) is 0 Å². The maximum absolute atomic E-state index is 10.8. The van der Waals surface area contributed by atoms with Crippen molar-refractivity contribution in [3.8, 4) is 5.75 Å². The highest BCUT2D eigenvalue weighted by atomic mass is 16.6. The fourth-order valence-corrected chi connectivity index (χ4v) is 1.53. The minimum atomic E-state index is -1.45. The standard InChI is InChI=1S/C10H6N2O5/c13-9-6(10(14)15)4-7(12(16)17)5-2-1-3-11-8(5)9/h1-4,13H,(H,14,15). The van der Waals surface area contributed by atoms with Crippen LogP contribution in [-0.2, 0) is 0 Å². The number of hydrogen-bond donors (Lipinski definition) is 2. The van der Waals surface area contributed by atoms with Crippen LogP contribution >= 0.6 is 0 Å². The van der Waals surface area contributed by atoms with Gasteiger partial charge in [0, 0.05) is 12.3 Å². The molecule has 0 spiro atoms. The molecule has 0 bridgehead atoms. The van der Waals surface area contributed by atoms with Gasteiger partial charge in [0.2, 0.25) is 0 Å². The number of phenols is 1. The Hall–Kier alpha value is -2.70. The summed E-state index contributed by atoms with van der Waals surface area (Å²) in [6.45, 7) is 0. The van der Waals surface area contributed by atoms with Gasteiger partial charge in [-0.3, -0.25) is 15.1 Å². The molecule has 0 aliphatic carbocycles. The second kappa shape index (κ2) is 3.71. The Bertz CT molecular complexity index is 638. The summed E-state index contributed by atoms with van der Waals surface area (Å²) in [6.07, 6.45) is 1.32. The molecular formula is C10H6N2O5. The molecule has 86 valence electrons. The summed E-state index contributed by atoms with van der Waals surface area (Å²) in [5, 5.41) is 29.4. The molecule has 7 nitrogen and oxygen atoms in total. The van der Waals surface area contributed by atoms with Crippen LogP contribution in [0.4, 0.5) is 5.69 Å². The Kier molecular flexibility index (Phi) is 2.36. The molecule has 0 saturated carbocycles. The van der Waals surface area contributed by atoms with Crippen molar-refractivity contribution in [2.45, 2.75) is 0 Å². The van der Waals surface area contributed by atoms with Crippen LogP contribution in [0.5, 0.6) is 5.75 Å². The Labute approximate surface area is 94.1 Å². The van der Waals surface area contributed by atoms with Crippen molar-refractivity contribution in [3.63, 3.8) is 0 Å². The molecule has 2 rings (SSSR count). The number of aromatic carboxylic acids is 1. The first-order valence-corrected chi connectivity index (χ1v) is 4.50. The molecule has 0 fully saturated rings.